The average Bonchev–Trinajstić information content (AvgIpc) is 2.45. The molecule has 1 aromatic carbocycles. The Kier molecular flexibility index (Phi) is 7.84. The summed E-state index contributed by atoms with van der Waals surface area (Å²) in [6.45, 7) is 8.58. The number of benzene rings is 1. The van der Waals surface area contributed by atoms with Crippen LogP contribution in [-0.4, -0.2) is 37.5 Å². The van der Waals surface area contributed by atoms with Gasteiger partial charge < -0.3 is 16.0 Å². The van der Waals surface area contributed by atoms with Crippen molar-refractivity contribution in [1.82, 2.24) is 16.0 Å². The lowest BCUT2D eigenvalue weighted by Crippen LogP contribution is -2.48. The van der Waals surface area contributed by atoms with Crippen molar-refractivity contribution in [2.45, 2.75) is 39.2 Å². The van der Waals surface area contributed by atoms with Gasteiger partial charge in [0.05, 0.1) is 6.54 Å². The smallest absolute Gasteiger partial charge is 0.239 e. The molecule has 0 saturated carbocycles. The zero-order valence-electron chi connectivity index (χ0n) is 14.8. The molecule has 0 aliphatic rings. The highest BCUT2D eigenvalue weighted by molar-refractivity contribution is 6.36. The van der Waals surface area contributed by atoms with Gasteiger partial charge in [0.25, 0.3) is 0 Å². The minimum Gasteiger partial charge on any atom is -0.356 e. The summed E-state index contributed by atoms with van der Waals surface area (Å²) in [5.41, 5.74) is 0.639. The van der Waals surface area contributed by atoms with Crippen LogP contribution in [0.2, 0.25) is 10.0 Å². The Morgan fingerprint density at radius 2 is 1.79 bits per heavy atom. The quantitative estimate of drug-likeness (QED) is 0.549. The van der Waals surface area contributed by atoms with Gasteiger partial charge in [0, 0.05) is 35.1 Å². The topological polar surface area (TPSA) is 65.5 Å². The molecule has 1 unspecified atom stereocenters. The summed E-state index contributed by atoms with van der Waals surface area (Å²) in [6, 6.07) is 5.47. The molecule has 0 saturated heterocycles. The highest BCUT2D eigenvalue weighted by Crippen LogP contribution is 2.30. The van der Waals surface area contributed by atoms with Gasteiger partial charge in [-0.25, -0.2) is 0 Å². The van der Waals surface area contributed by atoms with E-state index in [0.29, 0.717) is 22.5 Å². The van der Waals surface area contributed by atoms with Gasteiger partial charge in [0.1, 0.15) is 0 Å². The number of rotatable bonds is 5. The molecule has 1 rings (SSSR count). The Labute approximate surface area is 154 Å². The highest BCUT2D eigenvalue weighted by Gasteiger charge is 2.15. The molecular formula is C17H26Cl2N4O. The van der Waals surface area contributed by atoms with Crippen molar-refractivity contribution in [3.05, 3.63) is 33.8 Å². The van der Waals surface area contributed by atoms with E-state index < -0.39 is 0 Å². The van der Waals surface area contributed by atoms with Crippen molar-refractivity contribution in [2.75, 3.05) is 20.1 Å². The molecule has 7 heteroatoms. The fourth-order valence-corrected chi connectivity index (χ4v) is 2.95. The molecule has 1 aromatic rings. The molecule has 5 nitrogen and oxygen atoms in total. The van der Waals surface area contributed by atoms with Crippen molar-refractivity contribution in [1.29, 1.82) is 0 Å². The lowest BCUT2D eigenvalue weighted by molar-refractivity contribution is -0.121. The van der Waals surface area contributed by atoms with Gasteiger partial charge in [0.2, 0.25) is 5.91 Å². The van der Waals surface area contributed by atoms with E-state index in [1.807, 2.05) is 45.9 Å². The molecule has 0 aliphatic carbocycles. The number of guanidine groups is 1. The summed E-state index contributed by atoms with van der Waals surface area (Å²) in [5.74, 6) is 0.551. The van der Waals surface area contributed by atoms with E-state index >= 15 is 0 Å². The molecule has 0 radical (unpaired) electrons. The van der Waals surface area contributed by atoms with Crippen LogP contribution in [0.15, 0.2) is 23.2 Å². The minimum absolute atomic E-state index is 0.0901. The second-order valence-electron chi connectivity index (χ2n) is 6.64. The third kappa shape index (κ3) is 6.97. The number of carbonyl (C=O) groups excluding carboxylic acids is 1. The van der Waals surface area contributed by atoms with Gasteiger partial charge in [-0.1, -0.05) is 36.2 Å². The molecule has 3 N–H and O–H groups in total. The summed E-state index contributed by atoms with van der Waals surface area (Å²) in [4.78, 5) is 16.0. The van der Waals surface area contributed by atoms with Gasteiger partial charge in [-0.15, -0.1) is 0 Å². The molecule has 0 spiro atoms. The van der Waals surface area contributed by atoms with E-state index in [4.69, 9.17) is 23.2 Å². The molecular weight excluding hydrogens is 347 g/mol. The number of nitrogens with zero attached hydrogens (tertiary/aromatic N) is 1. The Bertz CT molecular complexity index is 576. The SMILES string of the molecule is CN=C(NCC(=O)NC(C)(C)C)NCC(C)c1c(Cl)cccc1Cl. The lowest BCUT2D eigenvalue weighted by Gasteiger charge is -2.21. The van der Waals surface area contributed by atoms with Crippen molar-refractivity contribution in [3.8, 4) is 0 Å². The highest BCUT2D eigenvalue weighted by atomic mass is 35.5. The first-order valence-electron chi connectivity index (χ1n) is 7.83. The van der Waals surface area contributed by atoms with Crippen LogP contribution in [0.4, 0.5) is 0 Å². The lowest BCUT2D eigenvalue weighted by atomic mass is 10.0. The normalized spacial score (nSPS) is 13.4. The number of amides is 1. The second-order valence-corrected chi connectivity index (χ2v) is 7.46. The van der Waals surface area contributed by atoms with Crippen LogP contribution in [0.3, 0.4) is 0 Å². The fourth-order valence-electron chi connectivity index (χ4n) is 2.18. The number of halogens is 2. The fraction of sp³-hybridized carbons (Fsp3) is 0.529. The Morgan fingerprint density at radius 3 is 2.29 bits per heavy atom. The third-order valence-corrected chi connectivity index (χ3v) is 3.88. The second kappa shape index (κ2) is 9.14. The maximum atomic E-state index is 11.8. The molecule has 0 fully saturated rings. The molecule has 1 amide bonds. The average molecular weight is 373 g/mol. The van der Waals surface area contributed by atoms with Crippen molar-refractivity contribution in [3.63, 3.8) is 0 Å². The van der Waals surface area contributed by atoms with Crippen LogP contribution in [0, 0.1) is 0 Å². The zero-order chi connectivity index (χ0) is 18.3. The molecule has 0 aromatic heterocycles. The van der Waals surface area contributed by atoms with Crippen molar-refractivity contribution in [2.24, 2.45) is 4.99 Å². The summed E-state index contributed by atoms with van der Waals surface area (Å²) in [5, 5.41) is 10.3. The van der Waals surface area contributed by atoms with Crippen molar-refractivity contribution < 1.29 is 4.79 Å². The van der Waals surface area contributed by atoms with E-state index in [2.05, 4.69) is 20.9 Å². The first kappa shape index (κ1) is 20.6. The van der Waals surface area contributed by atoms with E-state index in [1.54, 1.807) is 7.05 Å². The van der Waals surface area contributed by atoms with Crippen LogP contribution in [0.25, 0.3) is 0 Å². The number of nitrogens with one attached hydrogen (secondary N) is 3. The number of hydrogen-bond donors (Lipinski definition) is 3. The van der Waals surface area contributed by atoms with E-state index in [9.17, 15) is 4.79 Å². The molecule has 134 valence electrons. The van der Waals surface area contributed by atoms with E-state index in [-0.39, 0.29) is 23.9 Å². The van der Waals surface area contributed by atoms with Crippen LogP contribution in [-0.2, 0) is 4.79 Å². The first-order valence-corrected chi connectivity index (χ1v) is 8.59. The monoisotopic (exact) mass is 372 g/mol. The Balaban J connectivity index is 2.54. The number of aliphatic imine (C=N–C) groups is 1. The van der Waals surface area contributed by atoms with Gasteiger partial charge in [-0.2, -0.15) is 0 Å². The number of carbonyl (C=O) groups is 1. The van der Waals surface area contributed by atoms with Gasteiger partial charge >= 0.3 is 0 Å². The molecule has 0 heterocycles. The molecule has 0 aliphatic heterocycles. The largest absolute Gasteiger partial charge is 0.356 e. The summed E-state index contributed by atoms with van der Waals surface area (Å²) >= 11 is 12.5. The van der Waals surface area contributed by atoms with Crippen molar-refractivity contribution >= 4 is 35.1 Å². The van der Waals surface area contributed by atoms with Crippen LogP contribution in [0.5, 0.6) is 0 Å². The zero-order valence-corrected chi connectivity index (χ0v) is 16.3. The summed E-state index contributed by atoms with van der Waals surface area (Å²) in [6.07, 6.45) is 0. The Hall–Kier alpha value is -1.46. The van der Waals surface area contributed by atoms with Gasteiger partial charge in [0.15, 0.2) is 5.96 Å². The van der Waals surface area contributed by atoms with Crippen LogP contribution < -0.4 is 16.0 Å². The predicted octanol–water partition coefficient (Wildman–Crippen LogP) is 3.18. The predicted molar refractivity (Wildman–Crippen MR) is 102 cm³/mol. The molecule has 0 bridgehead atoms. The standard InChI is InChI=1S/C17H26Cl2N4O/c1-11(15-12(18)7-6-8-13(15)19)9-21-16(20-5)22-10-14(24)23-17(2,3)4/h6-8,11H,9-10H2,1-5H3,(H,23,24)(H2,20,21,22). The Morgan fingerprint density at radius 1 is 1.21 bits per heavy atom. The van der Waals surface area contributed by atoms with Crippen LogP contribution in [0.1, 0.15) is 39.2 Å². The summed E-state index contributed by atoms with van der Waals surface area (Å²) in [7, 11) is 1.66. The van der Waals surface area contributed by atoms with Gasteiger partial charge in [-0.3, -0.25) is 9.79 Å². The van der Waals surface area contributed by atoms with E-state index in [0.717, 1.165) is 5.56 Å². The maximum Gasteiger partial charge on any atom is 0.239 e. The molecule has 1 atom stereocenters. The number of hydrogen-bond acceptors (Lipinski definition) is 2. The van der Waals surface area contributed by atoms with E-state index in [1.165, 1.54) is 0 Å². The summed E-state index contributed by atoms with van der Waals surface area (Å²) < 4.78 is 0. The minimum atomic E-state index is -0.259. The van der Waals surface area contributed by atoms with Gasteiger partial charge in [-0.05, 0) is 38.5 Å². The van der Waals surface area contributed by atoms with Crippen LogP contribution >= 0.6 is 23.2 Å². The first-order chi connectivity index (χ1) is 11.1. The maximum absolute atomic E-state index is 11.8. The third-order valence-electron chi connectivity index (χ3n) is 3.22. The molecule has 24 heavy (non-hydrogen) atoms.